The van der Waals surface area contributed by atoms with Gasteiger partial charge in [0.2, 0.25) is 5.91 Å². The number of carbonyl (C=O) groups excluding carboxylic acids is 1. The van der Waals surface area contributed by atoms with Crippen molar-refractivity contribution in [1.29, 1.82) is 0 Å². The number of hydrogen-bond donors (Lipinski definition) is 1. The van der Waals surface area contributed by atoms with Crippen molar-refractivity contribution in [3.63, 3.8) is 0 Å². The Balaban J connectivity index is 1.70. The molecule has 29 heavy (non-hydrogen) atoms. The lowest BCUT2D eigenvalue weighted by atomic mass is 10.2. The Bertz CT molecular complexity index is 1280. The van der Waals surface area contributed by atoms with E-state index in [9.17, 15) is 18.4 Å². The molecule has 1 N–H and O–H groups in total. The zero-order valence-corrected chi connectivity index (χ0v) is 15.3. The van der Waals surface area contributed by atoms with Crippen molar-refractivity contribution < 1.29 is 13.6 Å². The van der Waals surface area contributed by atoms with Crippen molar-refractivity contribution in [3.05, 3.63) is 82.4 Å². The van der Waals surface area contributed by atoms with Crippen LogP contribution < -0.4 is 10.9 Å². The molecule has 146 valence electrons. The second-order valence-corrected chi connectivity index (χ2v) is 6.37. The van der Waals surface area contributed by atoms with Crippen molar-refractivity contribution in [2.24, 2.45) is 0 Å². The third kappa shape index (κ3) is 3.49. The van der Waals surface area contributed by atoms with E-state index < -0.39 is 29.6 Å². The quantitative estimate of drug-likeness (QED) is 0.576. The number of amides is 1. The molecule has 2 heterocycles. The highest BCUT2D eigenvalue weighted by molar-refractivity contribution is 5.91. The zero-order valence-electron chi connectivity index (χ0n) is 15.3. The Kier molecular flexibility index (Phi) is 4.63. The molecule has 7 nitrogen and oxygen atoms in total. The van der Waals surface area contributed by atoms with Gasteiger partial charge in [-0.1, -0.05) is 18.2 Å². The van der Waals surface area contributed by atoms with Gasteiger partial charge in [0, 0.05) is 11.5 Å². The highest BCUT2D eigenvalue weighted by Crippen LogP contribution is 2.17. The molecule has 0 spiro atoms. The van der Waals surface area contributed by atoms with Crippen molar-refractivity contribution in [3.8, 4) is 5.69 Å². The third-order valence-electron chi connectivity index (χ3n) is 4.37. The first kappa shape index (κ1) is 18.5. The Morgan fingerprint density at radius 2 is 1.90 bits per heavy atom. The van der Waals surface area contributed by atoms with Crippen LogP contribution in [0.1, 0.15) is 5.69 Å². The monoisotopic (exact) mass is 395 g/mol. The minimum atomic E-state index is -0.910. The van der Waals surface area contributed by atoms with Gasteiger partial charge in [0.05, 0.1) is 23.3 Å². The van der Waals surface area contributed by atoms with Gasteiger partial charge in [0.15, 0.2) is 0 Å². The van der Waals surface area contributed by atoms with Crippen LogP contribution in [-0.4, -0.2) is 25.5 Å². The summed E-state index contributed by atoms with van der Waals surface area (Å²) in [6, 6.07) is 11.9. The summed E-state index contributed by atoms with van der Waals surface area (Å²) in [4.78, 5) is 25.3. The molecule has 0 fully saturated rings. The molecule has 9 heteroatoms. The molecule has 0 unspecified atom stereocenters. The van der Waals surface area contributed by atoms with Crippen molar-refractivity contribution in [1.82, 2.24) is 19.6 Å². The predicted molar refractivity (Wildman–Crippen MR) is 103 cm³/mol. The predicted octanol–water partition coefficient (Wildman–Crippen LogP) is 2.81. The summed E-state index contributed by atoms with van der Waals surface area (Å²) in [5.74, 6) is -2.34. The molecule has 0 aliphatic rings. The standard InChI is InChI=1S/C20H15F2N5O2/c1-12-15-10-23-27(14-5-3-2-4-6-14)19(15)20(29)26(25-12)11-18(28)24-17-8-7-13(21)9-16(17)22/h2-10H,11H2,1H3,(H,24,28). The minimum absolute atomic E-state index is 0.184. The number of para-hydroxylation sites is 1. The maximum Gasteiger partial charge on any atom is 0.293 e. The summed E-state index contributed by atoms with van der Waals surface area (Å²) in [6.07, 6.45) is 1.55. The molecule has 2 aromatic carbocycles. The number of nitrogens with one attached hydrogen (secondary N) is 1. The summed E-state index contributed by atoms with van der Waals surface area (Å²) in [5, 5.41) is 11.3. The number of aromatic nitrogens is 4. The molecule has 4 aromatic rings. The molecule has 1 amide bonds. The van der Waals surface area contributed by atoms with Gasteiger partial charge < -0.3 is 5.32 Å². The van der Waals surface area contributed by atoms with E-state index in [1.807, 2.05) is 18.2 Å². The van der Waals surface area contributed by atoms with Gasteiger partial charge in [-0.3, -0.25) is 9.59 Å². The van der Waals surface area contributed by atoms with Gasteiger partial charge in [-0.25, -0.2) is 18.1 Å². The summed E-state index contributed by atoms with van der Waals surface area (Å²) in [6.45, 7) is 1.26. The highest BCUT2D eigenvalue weighted by Gasteiger charge is 2.17. The number of fused-ring (bicyclic) bond motifs is 1. The number of anilines is 1. The van der Waals surface area contributed by atoms with E-state index in [1.54, 1.807) is 25.3 Å². The molecule has 0 saturated carbocycles. The fourth-order valence-corrected chi connectivity index (χ4v) is 3.01. The number of rotatable bonds is 4. The Labute approximate surface area is 163 Å². The van der Waals surface area contributed by atoms with Crippen LogP contribution in [0.4, 0.5) is 14.5 Å². The average Bonchev–Trinajstić information content (AvgIpc) is 3.15. The molecule has 0 atom stereocenters. The van der Waals surface area contributed by atoms with Gasteiger partial charge in [-0.2, -0.15) is 10.2 Å². The van der Waals surface area contributed by atoms with E-state index in [4.69, 9.17) is 0 Å². The number of aryl methyl sites for hydroxylation is 1. The van der Waals surface area contributed by atoms with Crippen LogP contribution in [0.3, 0.4) is 0 Å². The van der Waals surface area contributed by atoms with Crippen LogP contribution in [0.25, 0.3) is 16.6 Å². The Morgan fingerprint density at radius 1 is 1.14 bits per heavy atom. The van der Waals surface area contributed by atoms with Gasteiger partial charge >= 0.3 is 0 Å². The molecule has 0 saturated heterocycles. The van der Waals surface area contributed by atoms with Crippen molar-refractivity contribution >= 4 is 22.5 Å². The molecule has 0 aliphatic heterocycles. The van der Waals surface area contributed by atoms with Crippen LogP contribution in [0.5, 0.6) is 0 Å². The largest absolute Gasteiger partial charge is 0.322 e. The highest BCUT2D eigenvalue weighted by atomic mass is 19.1. The smallest absolute Gasteiger partial charge is 0.293 e. The lowest BCUT2D eigenvalue weighted by molar-refractivity contribution is -0.117. The van der Waals surface area contributed by atoms with E-state index in [0.717, 1.165) is 16.8 Å². The SMILES string of the molecule is Cc1nn(CC(=O)Nc2ccc(F)cc2F)c(=O)c2c1cnn2-c1ccccc1. The first-order valence-electron chi connectivity index (χ1n) is 8.70. The van der Waals surface area contributed by atoms with Gasteiger partial charge in [-0.15, -0.1) is 0 Å². The first-order chi connectivity index (χ1) is 13.9. The number of halogens is 2. The summed E-state index contributed by atoms with van der Waals surface area (Å²) >= 11 is 0. The van der Waals surface area contributed by atoms with Crippen LogP contribution in [-0.2, 0) is 11.3 Å². The van der Waals surface area contributed by atoms with E-state index in [-0.39, 0.29) is 11.2 Å². The lowest BCUT2D eigenvalue weighted by Crippen LogP contribution is -2.31. The number of benzene rings is 2. The van der Waals surface area contributed by atoms with Crippen LogP contribution in [0, 0.1) is 18.6 Å². The first-order valence-corrected chi connectivity index (χ1v) is 8.70. The average molecular weight is 395 g/mol. The number of hydrogen-bond acceptors (Lipinski definition) is 4. The van der Waals surface area contributed by atoms with E-state index in [2.05, 4.69) is 15.5 Å². The molecule has 0 aliphatic carbocycles. The topological polar surface area (TPSA) is 81.8 Å². The summed E-state index contributed by atoms with van der Waals surface area (Å²) in [5.41, 5.74) is 0.792. The number of carbonyl (C=O) groups is 1. The van der Waals surface area contributed by atoms with Crippen LogP contribution in [0.15, 0.2) is 59.5 Å². The van der Waals surface area contributed by atoms with Crippen LogP contribution in [0.2, 0.25) is 0 Å². The van der Waals surface area contributed by atoms with Gasteiger partial charge in [0.1, 0.15) is 23.7 Å². The maximum atomic E-state index is 13.7. The van der Waals surface area contributed by atoms with Gasteiger partial charge in [-0.05, 0) is 31.2 Å². The molecule has 0 radical (unpaired) electrons. The zero-order chi connectivity index (χ0) is 20.5. The Morgan fingerprint density at radius 3 is 2.62 bits per heavy atom. The second-order valence-electron chi connectivity index (χ2n) is 6.37. The fraction of sp³-hybridized carbons (Fsp3) is 0.100. The minimum Gasteiger partial charge on any atom is -0.322 e. The Hall–Kier alpha value is -3.88. The summed E-state index contributed by atoms with van der Waals surface area (Å²) in [7, 11) is 0. The van der Waals surface area contributed by atoms with E-state index in [0.29, 0.717) is 22.8 Å². The maximum absolute atomic E-state index is 13.7. The second kappa shape index (κ2) is 7.27. The van der Waals surface area contributed by atoms with Crippen LogP contribution >= 0.6 is 0 Å². The summed E-state index contributed by atoms with van der Waals surface area (Å²) < 4.78 is 29.2. The molecule has 2 aromatic heterocycles. The van der Waals surface area contributed by atoms with Gasteiger partial charge in [0.25, 0.3) is 5.56 Å². The fourth-order valence-electron chi connectivity index (χ4n) is 3.01. The molecular formula is C20H15F2N5O2. The van der Waals surface area contributed by atoms with Crippen molar-refractivity contribution in [2.45, 2.75) is 13.5 Å². The molecular weight excluding hydrogens is 380 g/mol. The van der Waals surface area contributed by atoms with Crippen molar-refractivity contribution in [2.75, 3.05) is 5.32 Å². The normalized spacial score (nSPS) is 11.0. The van der Waals surface area contributed by atoms with E-state index in [1.165, 1.54) is 4.68 Å². The molecule has 0 bridgehead atoms. The van der Waals surface area contributed by atoms with E-state index >= 15 is 0 Å². The lowest BCUT2D eigenvalue weighted by Gasteiger charge is -2.10. The number of nitrogens with zero attached hydrogens (tertiary/aromatic N) is 4. The third-order valence-corrected chi connectivity index (χ3v) is 4.37. The molecule has 4 rings (SSSR count).